The number of nitrogens with one attached hydrogen (secondary N) is 3. The highest BCUT2D eigenvalue weighted by Crippen LogP contribution is 2.11. The summed E-state index contributed by atoms with van der Waals surface area (Å²) in [5.74, 6) is -1.02. The predicted octanol–water partition coefficient (Wildman–Crippen LogP) is 2.67. The first-order valence-electron chi connectivity index (χ1n) is 9.49. The zero-order valence-electron chi connectivity index (χ0n) is 16.8. The van der Waals surface area contributed by atoms with Gasteiger partial charge in [0, 0.05) is 29.6 Å². The average Bonchev–Trinajstić information content (AvgIpc) is 3.31. The molecule has 0 fully saturated rings. The normalized spacial score (nSPS) is 11.3. The number of H-pyrrole nitrogens is 1. The second-order valence-corrected chi connectivity index (χ2v) is 6.59. The molecule has 0 spiro atoms. The van der Waals surface area contributed by atoms with Crippen LogP contribution in [0.2, 0.25) is 0 Å². The number of carbonyl (C=O) groups excluding carboxylic acids is 3. The van der Waals surface area contributed by atoms with Gasteiger partial charge in [-0.2, -0.15) is 0 Å². The van der Waals surface area contributed by atoms with Gasteiger partial charge in [-0.15, -0.1) is 0 Å². The van der Waals surface area contributed by atoms with Gasteiger partial charge in [-0.05, 0) is 29.8 Å². The maximum absolute atomic E-state index is 12.5. The summed E-state index contributed by atoms with van der Waals surface area (Å²) >= 11 is 0. The number of benzene rings is 2. The Morgan fingerprint density at radius 1 is 1.06 bits per heavy atom. The van der Waals surface area contributed by atoms with Crippen LogP contribution in [0.25, 0.3) is 0 Å². The van der Waals surface area contributed by atoms with Crippen LogP contribution < -0.4 is 10.6 Å². The summed E-state index contributed by atoms with van der Waals surface area (Å²) in [5, 5.41) is 5.25. The Labute approximate surface area is 178 Å². The van der Waals surface area contributed by atoms with Gasteiger partial charge < -0.3 is 19.8 Å². The van der Waals surface area contributed by atoms with Gasteiger partial charge in [0.25, 0.3) is 5.91 Å². The molecule has 2 aromatic carbocycles. The van der Waals surface area contributed by atoms with Crippen LogP contribution in [0.5, 0.6) is 0 Å². The summed E-state index contributed by atoms with van der Waals surface area (Å²) in [5.41, 5.74) is 2.35. The van der Waals surface area contributed by atoms with Crippen LogP contribution in [0.4, 0.5) is 10.5 Å². The van der Waals surface area contributed by atoms with Gasteiger partial charge in [0.15, 0.2) is 0 Å². The smallest absolute Gasteiger partial charge is 0.411 e. The summed E-state index contributed by atoms with van der Waals surface area (Å²) in [6, 6.07) is 14.7. The van der Waals surface area contributed by atoms with Gasteiger partial charge in [0.05, 0.1) is 13.4 Å². The number of rotatable bonds is 8. The van der Waals surface area contributed by atoms with E-state index in [1.807, 2.05) is 30.3 Å². The van der Waals surface area contributed by atoms with Crippen molar-refractivity contribution >= 4 is 23.7 Å². The SMILES string of the molecule is COC(=O)[C@H](Cc1cnc[nH]1)NC(=O)c1ccc(NC(=O)OCc2ccccc2)cc1. The van der Waals surface area contributed by atoms with Crippen molar-refractivity contribution in [1.82, 2.24) is 15.3 Å². The van der Waals surface area contributed by atoms with Crippen molar-refractivity contribution in [2.24, 2.45) is 0 Å². The fraction of sp³-hybridized carbons (Fsp3) is 0.182. The molecule has 0 aliphatic carbocycles. The van der Waals surface area contributed by atoms with Crippen LogP contribution in [-0.2, 0) is 27.3 Å². The van der Waals surface area contributed by atoms with Gasteiger partial charge >= 0.3 is 12.1 Å². The van der Waals surface area contributed by atoms with Crippen molar-refractivity contribution in [2.45, 2.75) is 19.1 Å². The van der Waals surface area contributed by atoms with E-state index >= 15 is 0 Å². The quantitative estimate of drug-likeness (QED) is 0.480. The van der Waals surface area contributed by atoms with Crippen molar-refractivity contribution in [3.63, 3.8) is 0 Å². The zero-order valence-corrected chi connectivity index (χ0v) is 16.8. The predicted molar refractivity (Wildman–Crippen MR) is 112 cm³/mol. The Bertz CT molecular complexity index is 1000. The monoisotopic (exact) mass is 422 g/mol. The fourth-order valence-corrected chi connectivity index (χ4v) is 2.78. The highest BCUT2D eigenvalue weighted by molar-refractivity contribution is 5.97. The molecular weight excluding hydrogens is 400 g/mol. The number of nitrogens with zero attached hydrogens (tertiary/aromatic N) is 1. The third-order valence-corrected chi connectivity index (χ3v) is 4.38. The standard InChI is InChI=1S/C22H22N4O5/c1-30-21(28)19(11-18-12-23-14-24-18)26-20(27)16-7-9-17(10-8-16)25-22(29)31-13-15-5-3-2-4-6-15/h2-10,12,14,19H,11,13H2,1H3,(H,23,24)(H,25,29)(H,26,27)/t19-/m0/s1. The lowest BCUT2D eigenvalue weighted by atomic mass is 10.1. The molecular formula is C22H22N4O5. The molecule has 3 rings (SSSR count). The summed E-state index contributed by atoms with van der Waals surface area (Å²) in [6.45, 7) is 0.151. The van der Waals surface area contributed by atoms with E-state index in [9.17, 15) is 14.4 Å². The summed E-state index contributed by atoms with van der Waals surface area (Å²) in [6.07, 6.45) is 2.67. The third-order valence-electron chi connectivity index (χ3n) is 4.38. The summed E-state index contributed by atoms with van der Waals surface area (Å²) in [4.78, 5) is 43.3. The molecule has 1 atom stereocenters. The summed E-state index contributed by atoms with van der Waals surface area (Å²) in [7, 11) is 1.26. The Morgan fingerprint density at radius 3 is 2.45 bits per heavy atom. The molecule has 1 heterocycles. The molecule has 1 aromatic heterocycles. The zero-order chi connectivity index (χ0) is 22.1. The number of methoxy groups -OCH3 is 1. The van der Waals surface area contributed by atoms with Gasteiger partial charge in [0.2, 0.25) is 0 Å². The van der Waals surface area contributed by atoms with Crippen molar-refractivity contribution in [2.75, 3.05) is 12.4 Å². The molecule has 3 aromatic rings. The van der Waals surface area contributed by atoms with E-state index in [0.717, 1.165) is 5.56 Å². The average molecular weight is 422 g/mol. The minimum absolute atomic E-state index is 0.151. The van der Waals surface area contributed by atoms with Crippen molar-refractivity contribution in [3.05, 3.63) is 83.9 Å². The number of hydrogen-bond donors (Lipinski definition) is 3. The number of amides is 2. The minimum Gasteiger partial charge on any atom is -0.467 e. The number of anilines is 1. The maximum Gasteiger partial charge on any atom is 0.411 e. The lowest BCUT2D eigenvalue weighted by molar-refractivity contribution is -0.142. The second-order valence-electron chi connectivity index (χ2n) is 6.59. The van der Waals surface area contributed by atoms with Crippen LogP contribution in [-0.4, -0.2) is 41.1 Å². The topological polar surface area (TPSA) is 122 Å². The number of hydrogen-bond acceptors (Lipinski definition) is 6. The van der Waals surface area contributed by atoms with Crippen LogP contribution >= 0.6 is 0 Å². The number of carbonyl (C=O) groups is 3. The number of ether oxygens (including phenoxy) is 2. The van der Waals surface area contributed by atoms with E-state index < -0.39 is 24.0 Å². The number of aromatic nitrogens is 2. The van der Waals surface area contributed by atoms with E-state index in [0.29, 0.717) is 16.9 Å². The molecule has 0 saturated carbocycles. The second kappa shape index (κ2) is 10.6. The molecule has 0 aliphatic rings. The van der Waals surface area contributed by atoms with E-state index in [-0.39, 0.29) is 13.0 Å². The number of imidazole rings is 1. The summed E-state index contributed by atoms with van der Waals surface area (Å²) < 4.78 is 9.93. The Balaban J connectivity index is 1.54. The minimum atomic E-state index is -0.872. The van der Waals surface area contributed by atoms with E-state index in [2.05, 4.69) is 20.6 Å². The van der Waals surface area contributed by atoms with Crippen LogP contribution in [0.15, 0.2) is 67.1 Å². The molecule has 0 saturated heterocycles. The van der Waals surface area contributed by atoms with Gasteiger partial charge in [-0.25, -0.2) is 14.6 Å². The molecule has 2 amide bonds. The van der Waals surface area contributed by atoms with Gasteiger partial charge in [0.1, 0.15) is 12.6 Å². The fourth-order valence-electron chi connectivity index (χ4n) is 2.78. The van der Waals surface area contributed by atoms with Crippen molar-refractivity contribution < 1.29 is 23.9 Å². The number of aromatic amines is 1. The molecule has 3 N–H and O–H groups in total. The Kier molecular flexibility index (Phi) is 7.36. The first kappa shape index (κ1) is 21.6. The largest absolute Gasteiger partial charge is 0.467 e. The third kappa shape index (κ3) is 6.43. The van der Waals surface area contributed by atoms with Crippen LogP contribution in [0.3, 0.4) is 0 Å². The maximum atomic E-state index is 12.5. The molecule has 160 valence electrons. The van der Waals surface area contributed by atoms with E-state index in [4.69, 9.17) is 9.47 Å². The van der Waals surface area contributed by atoms with Crippen LogP contribution in [0, 0.1) is 0 Å². The van der Waals surface area contributed by atoms with Crippen molar-refractivity contribution in [3.8, 4) is 0 Å². The number of esters is 1. The van der Waals surface area contributed by atoms with Gasteiger partial charge in [-0.1, -0.05) is 30.3 Å². The molecule has 31 heavy (non-hydrogen) atoms. The highest BCUT2D eigenvalue weighted by Gasteiger charge is 2.23. The highest BCUT2D eigenvalue weighted by atomic mass is 16.5. The van der Waals surface area contributed by atoms with E-state index in [1.54, 1.807) is 18.3 Å². The molecule has 0 unspecified atom stereocenters. The first-order valence-corrected chi connectivity index (χ1v) is 9.49. The first-order chi connectivity index (χ1) is 15.0. The van der Waals surface area contributed by atoms with Crippen molar-refractivity contribution in [1.29, 1.82) is 0 Å². The Hall–Kier alpha value is -4.14. The lowest BCUT2D eigenvalue weighted by Gasteiger charge is -2.16. The molecule has 0 aliphatic heterocycles. The lowest BCUT2D eigenvalue weighted by Crippen LogP contribution is -2.43. The molecule has 0 radical (unpaired) electrons. The molecule has 9 nitrogen and oxygen atoms in total. The van der Waals surface area contributed by atoms with Crippen LogP contribution in [0.1, 0.15) is 21.6 Å². The van der Waals surface area contributed by atoms with E-state index in [1.165, 1.54) is 25.6 Å². The molecule has 0 bridgehead atoms. The molecule has 9 heteroatoms. The Morgan fingerprint density at radius 2 is 1.81 bits per heavy atom. The van der Waals surface area contributed by atoms with Gasteiger partial charge in [-0.3, -0.25) is 10.1 Å².